The molecule has 1 amide bonds. The van der Waals surface area contributed by atoms with Crippen molar-refractivity contribution in [1.29, 1.82) is 0 Å². The number of furan rings is 1. The Kier molecular flexibility index (Phi) is 5.24. The van der Waals surface area contributed by atoms with E-state index in [1.165, 1.54) is 24.3 Å². The topological polar surface area (TPSA) is 80.0 Å². The first-order chi connectivity index (χ1) is 12.0. The lowest BCUT2D eigenvalue weighted by Gasteiger charge is -2.26. The molecular formula is C18H16INO5. The van der Waals surface area contributed by atoms with Crippen molar-refractivity contribution in [2.24, 2.45) is 0 Å². The van der Waals surface area contributed by atoms with Gasteiger partial charge in [0, 0.05) is 17.2 Å². The molecule has 2 heterocycles. The summed E-state index contributed by atoms with van der Waals surface area (Å²) in [5, 5.41) is 10.4. The van der Waals surface area contributed by atoms with E-state index in [9.17, 15) is 14.7 Å². The van der Waals surface area contributed by atoms with Gasteiger partial charge in [-0.25, -0.2) is 0 Å². The second-order valence-corrected chi connectivity index (χ2v) is 6.76. The van der Waals surface area contributed by atoms with E-state index in [0.717, 1.165) is 9.13 Å². The van der Waals surface area contributed by atoms with Crippen LogP contribution in [0.15, 0.2) is 58.4 Å². The van der Waals surface area contributed by atoms with Crippen LogP contribution in [0.2, 0.25) is 0 Å². The molecule has 0 bridgehead atoms. The van der Waals surface area contributed by atoms with Gasteiger partial charge in [-0.2, -0.15) is 0 Å². The van der Waals surface area contributed by atoms with Crippen LogP contribution >= 0.6 is 22.6 Å². The summed E-state index contributed by atoms with van der Waals surface area (Å²) in [5.41, 5.74) is 0.765. The van der Waals surface area contributed by atoms with E-state index in [0.29, 0.717) is 6.61 Å². The van der Waals surface area contributed by atoms with Gasteiger partial charge in [0.05, 0.1) is 24.5 Å². The molecule has 1 aliphatic heterocycles. The molecule has 1 N–H and O–H groups in total. The zero-order chi connectivity index (χ0) is 18.0. The minimum Gasteiger partial charge on any atom is -0.503 e. The number of ketones is 1. The maximum absolute atomic E-state index is 12.8. The minimum absolute atomic E-state index is 0.0252. The third-order valence-electron chi connectivity index (χ3n) is 4.02. The summed E-state index contributed by atoms with van der Waals surface area (Å²) < 4.78 is 11.2. The molecule has 0 spiro atoms. The van der Waals surface area contributed by atoms with Crippen molar-refractivity contribution in [3.8, 4) is 0 Å². The molecule has 0 unspecified atom stereocenters. The Morgan fingerprint density at radius 1 is 1.32 bits per heavy atom. The van der Waals surface area contributed by atoms with Gasteiger partial charge in [0.1, 0.15) is 0 Å². The summed E-state index contributed by atoms with van der Waals surface area (Å²) in [7, 11) is 1.53. The van der Waals surface area contributed by atoms with Crippen molar-refractivity contribution in [2.75, 3.05) is 20.3 Å². The molecule has 0 aliphatic carbocycles. The lowest BCUT2D eigenvalue weighted by atomic mass is 9.95. The van der Waals surface area contributed by atoms with Gasteiger partial charge in [0.25, 0.3) is 5.91 Å². The first-order valence-electron chi connectivity index (χ1n) is 7.61. The van der Waals surface area contributed by atoms with Crippen LogP contribution in [0.5, 0.6) is 0 Å². The highest BCUT2D eigenvalue weighted by Gasteiger charge is 2.44. The largest absolute Gasteiger partial charge is 0.503 e. The van der Waals surface area contributed by atoms with E-state index in [4.69, 9.17) is 9.15 Å². The van der Waals surface area contributed by atoms with E-state index in [1.807, 2.05) is 24.3 Å². The van der Waals surface area contributed by atoms with Crippen LogP contribution in [0.1, 0.15) is 22.2 Å². The van der Waals surface area contributed by atoms with Crippen LogP contribution in [0, 0.1) is 3.57 Å². The Hall–Kier alpha value is -2.13. The monoisotopic (exact) mass is 453 g/mol. The maximum Gasteiger partial charge on any atom is 0.290 e. The normalized spacial score (nSPS) is 17.4. The second-order valence-electron chi connectivity index (χ2n) is 5.51. The SMILES string of the molecule is COCCN1C(=O)C(O)=C(C(=O)c2ccco2)[C@@H]1c1ccc(I)cc1. The highest BCUT2D eigenvalue weighted by molar-refractivity contribution is 14.1. The molecule has 2 aromatic rings. The lowest BCUT2D eigenvalue weighted by Crippen LogP contribution is -2.34. The van der Waals surface area contributed by atoms with Gasteiger partial charge in [0.2, 0.25) is 5.78 Å². The Labute approximate surface area is 158 Å². The summed E-state index contributed by atoms with van der Waals surface area (Å²) in [6.07, 6.45) is 1.38. The number of hydrogen-bond acceptors (Lipinski definition) is 5. The summed E-state index contributed by atoms with van der Waals surface area (Å²) in [6, 6.07) is 9.87. The molecule has 0 fully saturated rings. The molecule has 6 nitrogen and oxygen atoms in total. The number of amides is 1. The zero-order valence-corrected chi connectivity index (χ0v) is 15.6. The summed E-state index contributed by atoms with van der Waals surface area (Å²) >= 11 is 2.18. The van der Waals surface area contributed by atoms with Gasteiger partial charge >= 0.3 is 0 Å². The van der Waals surface area contributed by atoms with Crippen LogP contribution in [0.25, 0.3) is 0 Å². The quantitative estimate of drug-likeness (QED) is 0.537. The predicted octanol–water partition coefficient (Wildman–Crippen LogP) is 3.11. The number of benzene rings is 1. The van der Waals surface area contributed by atoms with Crippen LogP contribution in [-0.2, 0) is 9.53 Å². The van der Waals surface area contributed by atoms with Crippen LogP contribution in [0.4, 0.5) is 0 Å². The number of methoxy groups -OCH3 is 1. The Balaban J connectivity index is 2.06. The van der Waals surface area contributed by atoms with Crippen molar-refractivity contribution in [3.05, 3.63) is 68.9 Å². The number of aliphatic hydroxyl groups excluding tert-OH is 1. The number of rotatable bonds is 6. The number of ether oxygens (including phenoxy) is 1. The van der Waals surface area contributed by atoms with E-state index < -0.39 is 23.5 Å². The van der Waals surface area contributed by atoms with Gasteiger partial charge in [-0.3, -0.25) is 9.59 Å². The van der Waals surface area contributed by atoms with Crippen LogP contribution in [-0.4, -0.2) is 42.0 Å². The number of carbonyl (C=O) groups is 2. The fourth-order valence-corrected chi connectivity index (χ4v) is 3.20. The molecule has 0 radical (unpaired) electrons. The molecule has 1 aromatic carbocycles. The highest BCUT2D eigenvalue weighted by atomic mass is 127. The average molecular weight is 453 g/mol. The zero-order valence-electron chi connectivity index (χ0n) is 13.4. The lowest BCUT2D eigenvalue weighted by molar-refractivity contribution is -0.130. The van der Waals surface area contributed by atoms with E-state index in [-0.39, 0.29) is 17.9 Å². The van der Waals surface area contributed by atoms with Crippen LogP contribution in [0.3, 0.4) is 0 Å². The molecule has 3 rings (SSSR count). The summed E-state index contributed by atoms with van der Waals surface area (Å²) in [4.78, 5) is 26.8. The van der Waals surface area contributed by atoms with E-state index in [1.54, 1.807) is 6.07 Å². The van der Waals surface area contributed by atoms with Gasteiger partial charge in [0.15, 0.2) is 11.5 Å². The van der Waals surface area contributed by atoms with Gasteiger partial charge in [-0.1, -0.05) is 12.1 Å². The Bertz CT molecular complexity index is 811. The highest BCUT2D eigenvalue weighted by Crippen LogP contribution is 2.38. The predicted molar refractivity (Wildman–Crippen MR) is 98.2 cm³/mol. The molecular weight excluding hydrogens is 437 g/mol. The Morgan fingerprint density at radius 2 is 2.04 bits per heavy atom. The summed E-state index contributed by atoms with van der Waals surface area (Å²) in [6.45, 7) is 0.549. The molecule has 130 valence electrons. The van der Waals surface area contributed by atoms with Gasteiger partial charge in [-0.05, 0) is 52.4 Å². The van der Waals surface area contributed by atoms with E-state index >= 15 is 0 Å². The first kappa shape index (κ1) is 17.7. The molecule has 1 aromatic heterocycles. The molecule has 0 saturated heterocycles. The van der Waals surface area contributed by atoms with Gasteiger partial charge in [-0.15, -0.1) is 0 Å². The number of halogens is 1. The van der Waals surface area contributed by atoms with Gasteiger partial charge < -0.3 is 19.2 Å². The minimum atomic E-state index is -0.683. The number of carbonyl (C=O) groups excluding carboxylic acids is 2. The number of aliphatic hydroxyl groups is 1. The summed E-state index contributed by atoms with van der Waals surface area (Å²) in [5.74, 6) is -1.55. The van der Waals surface area contributed by atoms with Crippen molar-refractivity contribution < 1.29 is 23.8 Å². The van der Waals surface area contributed by atoms with Crippen molar-refractivity contribution in [1.82, 2.24) is 4.90 Å². The number of Topliss-reactive ketones (excluding diaryl/α,β-unsaturated/α-hetero) is 1. The van der Waals surface area contributed by atoms with Crippen molar-refractivity contribution in [2.45, 2.75) is 6.04 Å². The Morgan fingerprint density at radius 3 is 2.64 bits per heavy atom. The smallest absolute Gasteiger partial charge is 0.290 e. The number of hydrogen-bond donors (Lipinski definition) is 1. The van der Waals surface area contributed by atoms with Crippen molar-refractivity contribution in [3.63, 3.8) is 0 Å². The molecule has 25 heavy (non-hydrogen) atoms. The third-order valence-corrected chi connectivity index (χ3v) is 4.73. The fourth-order valence-electron chi connectivity index (χ4n) is 2.84. The second kappa shape index (κ2) is 7.40. The molecule has 1 aliphatic rings. The average Bonchev–Trinajstić information content (AvgIpc) is 3.22. The van der Waals surface area contributed by atoms with Crippen LogP contribution < -0.4 is 0 Å². The standard InChI is InChI=1S/C18H16INO5/c1-24-10-8-20-15(11-4-6-12(19)7-5-11)14(17(22)18(20)23)16(21)13-3-2-9-25-13/h2-7,9,15,22H,8,10H2,1H3/t15-/m0/s1. The molecule has 7 heteroatoms. The van der Waals surface area contributed by atoms with Crippen molar-refractivity contribution >= 4 is 34.3 Å². The maximum atomic E-state index is 12.8. The fraction of sp³-hybridized carbons (Fsp3) is 0.222. The first-order valence-corrected chi connectivity index (χ1v) is 8.69. The van der Waals surface area contributed by atoms with E-state index in [2.05, 4.69) is 22.6 Å². The molecule has 1 atom stereocenters. The molecule has 0 saturated carbocycles. The number of nitrogens with zero attached hydrogens (tertiary/aromatic N) is 1. The third kappa shape index (κ3) is 3.34.